The number of nitrogens with zero attached hydrogens (tertiary/aromatic N) is 2. The zero-order valence-corrected chi connectivity index (χ0v) is 13.3. The highest BCUT2D eigenvalue weighted by Gasteiger charge is 2.20. The maximum Gasteiger partial charge on any atom is 0.0823 e. The van der Waals surface area contributed by atoms with Gasteiger partial charge in [0.25, 0.3) is 0 Å². The van der Waals surface area contributed by atoms with Gasteiger partial charge in [-0.2, -0.15) is 5.10 Å². The predicted molar refractivity (Wildman–Crippen MR) is 86.4 cm³/mol. The van der Waals surface area contributed by atoms with Crippen molar-refractivity contribution in [1.82, 2.24) is 9.78 Å². The van der Waals surface area contributed by atoms with Gasteiger partial charge >= 0.3 is 0 Å². The maximum absolute atomic E-state index is 10.3. The van der Waals surface area contributed by atoms with Crippen LogP contribution in [0.3, 0.4) is 0 Å². The monoisotopic (exact) mass is 286 g/mol. The summed E-state index contributed by atoms with van der Waals surface area (Å²) in [4.78, 5) is 0. The third-order valence-corrected chi connectivity index (χ3v) is 4.02. The molecule has 114 valence electrons. The van der Waals surface area contributed by atoms with Crippen molar-refractivity contribution in [3.05, 3.63) is 52.8 Å². The number of aromatic nitrogens is 2. The predicted octanol–water partition coefficient (Wildman–Crippen LogP) is 3.69. The highest BCUT2D eigenvalue weighted by Crippen LogP contribution is 2.26. The average Bonchev–Trinajstić information content (AvgIpc) is 2.90. The molecule has 0 saturated heterocycles. The van der Waals surface area contributed by atoms with Crippen molar-refractivity contribution < 1.29 is 5.11 Å². The Bertz CT molecular complexity index is 560. The van der Waals surface area contributed by atoms with Crippen LogP contribution in [0.15, 0.2) is 30.3 Å². The molecule has 3 heteroatoms. The third kappa shape index (κ3) is 3.53. The van der Waals surface area contributed by atoms with Crippen LogP contribution in [0, 0.1) is 0 Å². The van der Waals surface area contributed by atoms with Crippen molar-refractivity contribution in [2.24, 2.45) is 0 Å². The van der Waals surface area contributed by atoms with Crippen LogP contribution in [0.25, 0.3) is 0 Å². The summed E-state index contributed by atoms with van der Waals surface area (Å²) in [6, 6.07) is 10.5. The molecule has 0 saturated carbocycles. The van der Waals surface area contributed by atoms with Crippen LogP contribution in [-0.2, 0) is 25.8 Å². The molecule has 1 N–H and O–H groups in total. The summed E-state index contributed by atoms with van der Waals surface area (Å²) < 4.78 is 2.10. The minimum atomic E-state index is -0.389. The smallest absolute Gasteiger partial charge is 0.0823 e. The first-order valence-electron chi connectivity index (χ1n) is 8.01. The highest BCUT2D eigenvalue weighted by molar-refractivity contribution is 5.29. The molecule has 0 radical (unpaired) electrons. The van der Waals surface area contributed by atoms with E-state index >= 15 is 0 Å². The molecule has 1 aromatic carbocycles. The first-order chi connectivity index (χ1) is 10.2. The fraction of sp³-hybridized carbons (Fsp3) is 0.500. The van der Waals surface area contributed by atoms with E-state index in [9.17, 15) is 5.11 Å². The molecule has 0 spiro atoms. The summed E-state index contributed by atoms with van der Waals surface area (Å²) in [6.45, 7) is 7.14. The van der Waals surface area contributed by atoms with Crippen LogP contribution in [-0.4, -0.2) is 14.9 Å². The zero-order valence-electron chi connectivity index (χ0n) is 13.3. The largest absolute Gasteiger partial charge is 0.388 e. The number of hydrogen-bond donors (Lipinski definition) is 1. The number of benzene rings is 1. The Morgan fingerprint density at radius 1 is 1.10 bits per heavy atom. The maximum atomic E-state index is 10.3. The van der Waals surface area contributed by atoms with Gasteiger partial charge < -0.3 is 5.11 Å². The SMILES string of the molecule is CCc1nn(CCc2ccccc2)c(CC)c1C(O)CC. The van der Waals surface area contributed by atoms with Crippen molar-refractivity contribution >= 4 is 0 Å². The van der Waals surface area contributed by atoms with E-state index in [0.29, 0.717) is 0 Å². The van der Waals surface area contributed by atoms with Crippen LogP contribution in [0.5, 0.6) is 0 Å². The lowest BCUT2D eigenvalue weighted by Gasteiger charge is -2.12. The Labute approximate surface area is 127 Å². The van der Waals surface area contributed by atoms with Gasteiger partial charge in [-0.25, -0.2) is 0 Å². The second-order valence-electron chi connectivity index (χ2n) is 5.40. The first kappa shape index (κ1) is 15.8. The van der Waals surface area contributed by atoms with Gasteiger partial charge in [0.2, 0.25) is 0 Å². The Morgan fingerprint density at radius 2 is 1.81 bits per heavy atom. The second-order valence-corrected chi connectivity index (χ2v) is 5.40. The zero-order chi connectivity index (χ0) is 15.2. The van der Waals surface area contributed by atoms with Crippen molar-refractivity contribution in [2.75, 3.05) is 0 Å². The minimum absolute atomic E-state index is 0.389. The average molecular weight is 286 g/mol. The van der Waals surface area contributed by atoms with Crippen molar-refractivity contribution in [1.29, 1.82) is 0 Å². The molecule has 0 aliphatic carbocycles. The van der Waals surface area contributed by atoms with Gasteiger partial charge in [-0.3, -0.25) is 4.68 Å². The quantitative estimate of drug-likeness (QED) is 0.843. The number of aliphatic hydroxyl groups is 1. The molecule has 1 aromatic heterocycles. The molecule has 0 aliphatic rings. The Balaban J connectivity index is 2.25. The molecule has 1 unspecified atom stereocenters. The molecule has 0 amide bonds. The lowest BCUT2D eigenvalue weighted by atomic mass is 10.0. The van der Waals surface area contributed by atoms with Gasteiger partial charge in [0.05, 0.1) is 11.8 Å². The summed E-state index contributed by atoms with van der Waals surface area (Å²) in [5.41, 5.74) is 4.63. The van der Waals surface area contributed by atoms with Crippen molar-refractivity contribution in [2.45, 2.75) is 59.1 Å². The second kappa shape index (κ2) is 7.41. The number of hydrogen-bond acceptors (Lipinski definition) is 2. The van der Waals surface area contributed by atoms with Crippen LogP contribution in [0.2, 0.25) is 0 Å². The van der Waals surface area contributed by atoms with Gasteiger partial charge in [0.1, 0.15) is 0 Å². The molecule has 2 aromatic rings. The molecular weight excluding hydrogens is 260 g/mol. The number of aliphatic hydroxyl groups excluding tert-OH is 1. The third-order valence-electron chi connectivity index (χ3n) is 4.02. The van der Waals surface area contributed by atoms with Gasteiger partial charge in [0, 0.05) is 17.8 Å². The van der Waals surface area contributed by atoms with Gasteiger partial charge in [-0.1, -0.05) is 51.1 Å². The molecule has 21 heavy (non-hydrogen) atoms. The minimum Gasteiger partial charge on any atom is -0.388 e. The molecule has 1 atom stereocenters. The van der Waals surface area contributed by atoms with Crippen LogP contribution >= 0.6 is 0 Å². The molecule has 2 rings (SSSR count). The van der Waals surface area contributed by atoms with E-state index in [1.54, 1.807) is 0 Å². The molecule has 0 bridgehead atoms. The topological polar surface area (TPSA) is 38.0 Å². The van der Waals surface area contributed by atoms with Crippen LogP contribution in [0.1, 0.15) is 55.8 Å². The van der Waals surface area contributed by atoms with Crippen LogP contribution in [0.4, 0.5) is 0 Å². The van der Waals surface area contributed by atoms with Crippen molar-refractivity contribution in [3.8, 4) is 0 Å². The number of rotatable bonds is 7. The molecule has 1 heterocycles. The first-order valence-corrected chi connectivity index (χ1v) is 8.01. The fourth-order valence-corrected chi connectivity index (χ4v) is 2.85. The van der Waals surface area contributed by atoms with Gasteiger partial charge in [0.15, 0.2) is 0 Å². The van der Waals surface area contributed by atoms with E-state index in [1.807, 2.05) is 13.0 Å². The van der Waals surface area contributed by atoms with E-state index in [1.165, 1.54) is 11.3 Å². The van der Waals surface area contributed by atoms with Gasteiger partial charge in [-0.05, 0) is 31.2 Å². The van der Waals surface area contributed by atoms with Gasteiger partial charge in [-0.15, -0.1) is 0 Å². The molecular formula is C18H26N2O. The highest BCUT2D eigenvalue weighted by atomic mass is 16.3. The Kier molecular flexibility index (Phi) is 5.57. The summed E-state index contributed by atoms with van der Waals surface area (Å²) in [5.74, 6) is 0. The normalized spacial score (nSPS) is 12.6. The Morgan fingerprint density at radius 3 is 2.38 bits per heavy atom. The summed E-state index contributed by atoms with van der Waals surface area (Å²) in [5, 5.41) is 15.0. The van der Waals surface area contributed by atoms with E-state index < -0.39 is 0 Å². The van der Waals surface area contributed by atoms with E-state index in [4.69, 9.17) is 5.10 Å². The fourth-order valence-electron chi connectivity index (χ4n) is 2.85. The lowest BCUT2D eigenvalue weighted by molar-refractivity contribution is 0.171. The summed E-state index contributed by atoms with van der Waals surface area (Å²) in [7, 11) is 0. The van der Waals surface area contributed by atoms with Crippen LogP contribution < -0.4 is 0 Å². The molecule has 3 nitrogen and oxygen atoms in total. The summed E-state index contributed by atoms with van der Waals surface area (Å²) in [6.07, 6.45) is 3.11. The van der Waals surface area contributed by atoms with E-state index in [0.717, 1.165) is 43.5 Å². The Hall–Kier alpha value is -1.61. The lowest BCUT2D eigenvalue weighted by Crippen LogP contribution is -2.09. The van der Waals surface area contributed by atoms with Crippen molar-refractivity contribution in [3.63, 3.8) is 0 Å². The summed E-state index contributed by atoms with van der Waals surface area (Å²) >= 11 is 0. The van der Waals surface area contributed by atoms with E-state index in [2.05, 4.69) is 42.8 Å². The molecule has 0 fully saturated rings. The number of aryl methyl sites for hydroxylation is 3. The van der Waals surface area contributed by atoms with E-state index in [-0.39, 0.29) is 6.10 Å². The molecule has 0 aliphatic heterocycles. The standard InChI is InChI=1S/C18H26N2O/c1-4-15-18(17(21)6-3)16(5-2)20(19-15)13-12-14-10-8-7-9-11-14/h7-11,17,21H,4-6,12-13H2,1-3H3.